The molecule has 0 radical (unpaired) electrons. The van der Waals surface area contributed by atoms with Crippen LogP contribution >= 0.6 is 11.6 Å². The normalized spacial score (nSPS) is 11.1. The molecule has 0 aliphatic carbocycles. The summed E-state index contributed by atoms with van der Waals surface area (Å²) >= 11 is 5.93. The number of hydrogen-bond donors (Lipinski definition) is 2. The highest BCUT2D eigenvalue weighted by Gasteiger charge is 2.36. The molecule has 4 nitrogen and oxygen atoms in total. The summed E-state index contributed by atoms with van der Waals surface area (Å²) in [5.41, 5.74) is 3.15. The Bertz CT molecular complexity index is 828. The quantitative estimate of drug-likeness (QED) is 0.766. The summed E-state index contributed by atoms with van der Waals surface area (Å²) in [6.07, 6.45) is 0. The first-order valence-corrected chi connectivity index (χ1v) is 8.45. The van der Waals surface area contributed by atoms with E-state index < -0.39 is 5.41 Å². The molecule has 25 heavy (non-hydrogen) atoms. The molecule has 0 aromatic heterocycles. The van der Waals surface area contributed by atoms with Crippen molar-refractivity contribution in [1.29, 1.82) is 0 Å². The highest BCUT2D eigenvalue weighted by atomic mass is 35.5. The fourth-order valence-electron chi connectivity index (χ4n) is 2.26. The minimum absolute atomic E-state index is 0.361. The summed E-state index contributed by atoms with van der Waals surface area (Å²) in [5, 5.41) is 6.23. The van der Waals surface area contributed by atoms with Gasteiger partial charge in [0, 0.05) is 16.4 Å². The van der Waals surface area contributed by atoms with Crippen LogP contribution in [0.1, 0.15) is 30.5 Å². The van der Waals surface area contributed by atoms with E-state index in [9.17, 15) is 9.59 Å². The number of carbonyl (C=O) groups excluding carboxylic acids is 2. The molecule has 0 saturated carbocycles. The summed E-state index contributed by atoms with van der Waals surface area (Å²) < 4.78 is 0. The van der Waals surface area contributed by atoms with Crippen molar-refractivity contribution in [3.8, 4) is 0 Å². The number of amides is 2. The van der Waals surface area contributed by atoms with Gasteiger partial charge in [0.05, 0.1) is 0 Å². The summed E-state index contributed by atoms with van der Waals surface area (Å²) in [4.78, 5) is 25.2. The lowest BCUT2D eigenvalue weighted by molar-refractivity contribution is -0.135. The lowest BCUT2D eigenvalue weighted by atomic mass is 9.90. The smallest absolute Gasteiger partial charge is 0.239 e. The highest BCUT2D eigenvalue weighted by molar-refractivity contribution is 6.30. The third kappa shape index (κ3) is 4.40. The average molecular weight is 359 g/mol. The molecule has 0 heterocycles. The van der Waals surface area contributed by atoms with E-state index in [0.29, 0.717) is 16.4 Å². The van der Waals surface area contributed by atoms with E-state index in [4.69, 9.17) is 11.6 Å². The van der Waals surface area contributed by atoms with Crippen LogP contribution in [-0.2, 0) is 9.59 Å². The molecule has 0 aliphatic rings. The van der Waals surface area contributed by atoms with E-state index in [1.54, 1.807) is 32.0 Å². The zero-order chi connectivity index (χ0) is 18.8. The maximum atomic E-state index is 12.6. The van der Waals surface area contributed by atoms with Crippen molar-refractivity contribution < 1.29 is 9.59 Å². The first kappa shape index (κ1) is 19.0. The largest absolute Gasteiger partial charge is 0.325 e. The standard InChI is InChI=1S/C20H23ClN2O2/c1-12-6-8-16(11-13(12)2)22-18(24)20(4,5)19(25)23-17-9-7-15(21)10-14(17)3/h6-11H,1-5H3,(H,22,24)(H,23,25). The molecule has 0 atom stereocenters. The van der Waals surface area contributed by atoms with Gasteiger partial charge in [-0.15, -0.1) is 0 Å². The van der Waals surface area contributed by atoms with Gasteiger partial charge in [0.1, 0.15) is 5.41 Å². The summed E-state index contributed by atoms with van der Waals surface area (Å²) in [5.74, 6) is -0.737. The third-order valence-electron chi connectivity index (χ3n) is 4.34. The Morgan fingerprint density at radius 2 is 1.48 bits per heavy atom. The molecule has 0 aliphatic heterocycles. The molecule has 2 aromatic rings. The van der Waals surface area contributed by atoms with E-state index in [1.807, 2.05) is 39.0 Å². The first-order valence-electron chi connectivity index (χ1n) is 8.07. The van der Waals surface area contributed by atoms with Gasteiger partial charge in [-0.2, -0.15) is 0 Å². The Balaban J connectivity index is 2.13. The Hall–Kier alpha value is -2.33. The van der Waals surface area contributed by atoms with Crippen LogP contribution in [0.15, 0.2) is 36.4 Å². The molecule has 0 fully saturated rings. The number of rotatable bonds is 4. The molecule has 5 heteroatoms. The monoisotopic (exact) mass is 358 g/mol. The molecular weight excluding hydrogens is 336 g/mol. The van der Waals surface area contributed by atoms with E-state index in [2.05, 4.69) is 10.6 Å². The van der Waals surface area contributed by atoms with Crippen molar-refractivity contribution in [3.05, 3.63) is 58.1 Å². The molecule has 0 saturated heterocycles. The van der Waals surface area contributed by atoms with Crippen molar-refractivity contribution in [1.82, 2.24) is 0 Å². The number of benzene rings is 2. The SMILES string of the molecule is Cc1ccc(NC(=O)C(C)(C)C(=O)Nc2ccc(Cl)cc2C)cc1C. The van der Waals surface area contributed by atoms with Gasteiger partial charge < -0.3 is 10.6 Å². The molecule has 2 N–H and O–H groups in total. The molecule has 2 aromatic carbocycles. The van der Waals surface area contributed by atoms with Crippen LogP contribution in [0.2, 0.25) is 5.02 Å². The predicted octanol–water partition coefficient (Wildman–Crippen LogP) is 4.87. The van der Waals surface area contributed by atoms with Gasteiger partial charge in [0.2, 0.25) is 11.8 Å². The van der Waals surface area contributed by atoms with Crippen LogP contribution in [-0.4, -0.2) is 11.8 Å². The average Bonchev–Trinajstić information content (AvgIpc) is 2.53. The van der Waals surface area contributed by atoms with Crippen LogP contribution in [0.4, 0.5) is 11.4 Å². The lowest BCUT2D eigenvalue weighted by Gasteiger charge is -2.23. The van der Waals surface area contributed by atoms with Gasteiger partial charge in [0.15, 0.2) is 0 Å². The minimum Gasteiger partial charge on any atom is -0.325 e. The molecule has 132 valence electrons. The van der Waals surface area contributed by atoms with Crippen LogP contribution in [0.3, 0.4) is 0 Å². The number of nitrogens with one attached hydrogen (secondary N) is 2. The molecule has 0 unspecified atom stereocenters. The highest BCUT2D eigenvalue weighted by Crippen LogP contribution is 2.25. The van der Waals surface area contributed by atoms with Gasteiger partial charge in [0.25, 0.3) is 0 Å². The van der Waals surface area contributed by atoms with E-state index in [1.165, 1.54) is 0 Å². The number of anilines is 2. The predicted molar refractivity (Wildman–Crippen MR) is 103 cm³/mol. The van der Waals surface area contributed by atoms with Crippen LogP contribution in [0.5, 0.6) is 0 Å². The summed E-state index contributed by atoms with van der Waals surface area (Å²) in [6.45, 7) is 9.04. The number of halogens is 1. The Morgan fingerprint density at radius 1 is 0.840 bits per heavy atom. The maximum absolute atomic E-state index is 12.6. The second kappa shape index (κ2) is 7.28. The fourth-order valence-corrected chi connectivity index (χ4v) is 2.48. The van der Waals surface area contributed by atoms with E-state index >= 15 is 0 Å². The molecular formula is C20H23ClN2O2. The van der Waals surface area contributed by atoms with Gasteiger partial charge in [-0.05, 0) is 81.6 Å². The van der Waals surface area contributed by atoms with Crippen molar-refractivity contribution >= 4 is 34.8 Å². The Kier molecular flexibility index (Phi) is 5.53. The van der Waals surface area contributed by atoms with Crippen molar-refractivity contribution in [3.63, 3.8) is 0 Å². The number of hydrogen-bond acceptors (Lipinski definition) is 2. The number of carbonyl (C=O) groups is 2. The minimum atomic E-state index is -1.23. The van der Waals surface area contributed by atoms with E-state index in [-0.39, 0.29) is 11.8 Å². The van der Waals surface area contributed by atoms with Gasteiger partial charge in [-0.25, -0.2) is 0 Å². The van der Waals surface area contributed by atoms with Crippen LogP contribution < -0.4 is 10.6 Å². The van der Waals surface area contributed by atoms with E-state index in [0.717, 1.165) is 16.7 Å². The Morgan fingerprint density at radius 3 is 2.08 bits per heavy atom. The molecule has 0 bridgehead atoms. The second-order valence-corrected chi connectivity index (χ2v) is 7.23. The molecule has 2 amide bonds. The van der Waals surface area contributed by atoms with Crippen molar-refractivity contribution in [2.45, 2.75) is 34.6 Å². The summed E-state index contributed by atoms with van der Waals surface area (Å²) in [6, 6.07) is 10.9. The maximum Gasteiger partial charge on any atom is 0.239 e. The van der Waals surface area contributed by atoms with Crippen LogP contribution in [0, 0.1) is 26.2 Å². The molecule has 2 rings (SSSR count). The topological polar surface area (TPSA) is 58.2 Å². The second-order valence-electron chi connectivity index (χ2n) is 6.79. The molecule has 0 spiro atoms. The van der Waals surface area contributed by atoms with Crippen molar-refractivity contribution in [2.24, 2.45) is 5.41 Å². The number of aryl methyl sites for hydroxylation is 3. The van der Waals surface area contributed by atoms with Crippen molar-refractivity contribution in [2.75, 3.05) is 10.6 Å². The van der Waals surface area contributed by atoms with Gasteiger partial charge >= 0.3 is 0 Å². The zero-order valence-electron chi connectivity index (χ0n) is 15.2. The zero-order valence-corrected chi connectivity index (χ0v) is 15.9. The first-order chi connectivity index (χ1) is 11.6. The fraction of sp³-hybridized carbons (Fsp3) is 0.300. The Labute approximate surface area is 153 Å². The summed E-state index contributed by atoms with van der Waals surface area (Å²) in [7, 11) is 0. The lowest BCUT2D eigenvalue weighted by Crippen LogP contribution is -2.41. The third-order valence-corrected chi connectivity index (χ3v) is 4.57. The van der Waals surface area contributed by atoms with Gasteiger partial charge in [-0.3, -0.25) is 9.59 Å². The van der Waals surface area contributed by atoms with Gasteiger partial charge in [-0.1, -0.05) is 17.7 Å². The van der Waals surface area contributed by atoms with Crippen LogP contribution in [0.25, 0.3) is 0 Å².